The van der Waals surface area contributed by atoms with Crippen molar-refractivity contribution in [1.29, 1.82) is 0 Å². The first-order valence-electron chi connectivity index (χ1n) is 8.00. The largest absolute Gasteiger partial charge is 0.338 e. The molecule has 3 rings (SSSR count). The van der Waals surface area contributed by atoms with E-state index in [4.69, 9.17) is 35.4 Å². The van der Waals surface area contributed by atoms with Crippen LogP contribution in [0.15, 0.2) is 48.5 Å². The van der Waals surface area contributed by atoms with Crippen molar-refractivity contribution in [3.05, 3.63) is 64.1 Å². The van der Waals surface area contributed by atoms with Crippen molar-refractivity contribution >= 4 is 46.2 Å². The highest BCUT2D eigenvalue weighted by Crippen LogP contribution is 2.25. The summed E-state index contributed by atoms with van der Waals surface area (Å²) < 4.78 is 0. The minimum Gasteiger partial charge on any atom is -0.338 e. The summed E-state index contributed by atoms with van der Waals surface area (Å²) in [5.41, 5.74) is 2.18. The molecule has 1 saturated heterocycles. The summed E-state index contributed by atoms with van der Waals surface area (Å²) in [6.45, 7) is 5.10. The second kappa shape index (κ2) is 8.17. The fourth-order valence-corrected chi connectivity index (χ4v) is 3.62. The molecule has 0 radical (unpaired) electrons. The van der Waals surface area contributed by atoms with Crippen LogP contribution in [0, 0.1) is 0 Å². The molecule has 0 unspecified atom stereocenters. The molecule has 1 aliphatic heterocycles. The standard InChI is InChI=1S/C18H19Cl2N3S/c19-15-6-7-17(16(20)12-15)21-18(24)23-10-8-22(9-11-23)13-14-4-2-1-3-5-14/h1-7,12H,8-11,13H2,(H,21,24)/p+1. The van der Waals surface area contributed by atoms with E-state index >= 15 is 0 Å². The van der Waals surface area contributed by atoms with Crippen LogP contribution in [0.1, 0.15) is 5.56 Å². The van der Waals surface area contributed by atoms with Crippen LogP contribution < -0.4 is 10.2 Å². The molecule has 126 valence electrons. The average molecular weight is 381 g/mol. The molecule has 2 aromatic rings. The molecule has 0 spiro atoms. The summed E-state index contributed by atoms with van der Waals surface area (Å²) in [5.74, 6) is 0. The van der Waals surface area contributed by atoms with Gasteiger partial charge in [-0.1, -0.05) is 53.5 Å². The Morgan fingerprint density at radius 3 is 2.46 bits per heavy atom. The van der Waals surface area contributed by atoms with Crippen molar-refractivity contribution in [2.24, 2.45) is 0 Å². The highest BCUT2D eigenvalue weighted by atomic mass is 35.5. The first-order valence-corrected chi connectivity index (χ1v) is 9.17. The number of nitrogens with zero attached hydrogens (tertiary/aromatic N) is 1. The lowest BCUT2D eigenvalue weighted by Gasteiger charge is -2.34. The number of nitrogens with one attached hydrogen (secondary N) is 2. The lowest BCUT2D eigenvalue weighted by molar-refractivity contribution is -0.917. The zero-order valence-electron chi connectivity index (χ0n) is 13.3. The quantitative estimate of drug-likeness (QED) is 0.798. The van der Waals surface area contributed by atoms with Gasteiger partial charge in [-0.25, -0.2) is 0 Å². The second-order valence-electron chi connectivity index (χ2n) is 5.95. The summed E-state index contributed by atoms with van der Waals surface area (Å²) in [6, 6.07) is 16.0. The number of anilines is 1. The number of hydrogen-bond acceptors (Lipinski definition) is 1. The Kier molecular flexibility index (Phi) is 5.95. The minimum atomic E-state index is 0.582. The van der Waals surface area contributed by atoms with Gasteiger partial charge >= 0.3 is 0 Å². The molecular formula is C18H20Cl2N3S+. The van der Waals surface area contributed by atoms with E-state index in [0.29, 0.717) is 10.0 Å². The molecule has 24 heavy (non-hydrogen) atoms. The van der Waals surface area contributed by atoms with Crippen molar-refractivity contribution in [3.8, 4) is 0 Å². The monoisotopic (exact) mass is 380 g/mol. The molecule has 1 heterocycles. The van der Waals surface area contributed by atoms with E-state index in [-0.39, 0.29) is 0 Å². The van der Waals surface area contributed by atoms with E-state index in [1.165, 1.54) is 5.56 Å². The molecule has 0 atom stereocenters. The van der Waals surface area contributed by atoms with E-state index in [2.05, 4.69) is 40.5 Å². The summed E-state index contributed by atoms with van der Waals surface area (Å²) in [6.07, 6.45) is 0. The fourth-order valence-electron chi connectivity index (χ4n) is 2.87. The molecule has 1 aliphatic rings. The lowest BCUT2D eigenvalue weighted by atomic mass is 10.2. The van der Waals surface area contributed by atoms with E-state index in [1.54, 1.807) is 17.0 Å². The molecular weight excluding hydrogens is 361 g/mol. The van der Waals surface area contributed by atoms with Gasteiger partial charge in [0, 0.05) is 10.6 Å². The van der Waals surface area contributed by atoms with Gasteiger partial charge in [0.1, 0.15) is 6.54 Å². The van der Waals surface area contributed by atoms with E-state index < -0.39 is 0 Å². The molecule has 0 aromatic heterocycles. The van der Waals surface area contributed by atoms with Gasteiger partial charge in [0.2, 0.25) is 0 Å². The minimum absolute atomic E-state index is 0.582. The zero-order chi connectivity index (χ0) is 16.9. The number of hydrogen-bond donors (Lipinski definition) is 2. The van der Waals surface area contributed by atoms with E-state index in [0.717, 1.165) is 43.5 Å². The predicted octanol–water partition coefficient (Wildman–Crippen LogP) is 3.09. The number of quaternary nitrogens is 1. The highest BCUT2D eigenvalue weighted by Gasteiger charge is 2.22. The highest BCUT2D eigenvalue weighted by molar-refractivity contribution is 7.80. The molecule has 0 aliphatic carbocycles. The lowest BCUT2D eigenvalue weighted by Crippen LogP contribution is -3.13. The molecule has 1 fully saturated rings. The molecule has 6 heteroatoms. The first-order chi connectivity index (χ1) is 11.6. The smallest absolute Gasteiger partial charge is 0.173 e. The second-order valence-corrected chi connectivity index (χ2v) is 7.18. The Hall–Kier alpha value is -1.33. The van der Waals surface area contributed by atoms with Crippen LogP contribution in [0.5, 0.6) is 0 Å². The summed E-state index contributed by atoms with van der Waals surface area (Å²) in [7, 11) is 0. The maximum atomic E-state index is 6.20. The summed E-state index contributed by atoms with van der Waals surface area (Å²) >= 11 is 17.7. The van der Waals surface area contributed by atoms with Crippen LogP contribution in [0.25, 0.3) is 0 Å². The number of benzene rings is 2. The molecule has 0 amide bonds. The van der Waals surface area contributed by atoms with Gasteiger partial charge in [0.15, 0.2) is 5.11 Å². The van der Waals surface area contributed by atoms with Crippen molar-refractivity contribution in [2.75, 3.05) is 31.5 Å². The summed E-state index contributed by atoms with van der Waals surface area (Å²) in [5, 5.41) is 5.15. The first kappa shape index (κ1) is 17.5. The van der Waals surface area contributed by atoms with Crippen molar-refractivity contribution in [1.82, 2.24) is 4.90 Å². The van der Waals surface area contributed by atoms with Crippen molar-refractivity contribution in [2.45, 2.75) is 6.54 Å². The van der Waals surface area contributed by atoms with Gasteiger partial charge in [-0.15, -0.1) is 0 Å². The Morgan fingerprint density at radius 2 is 1.79 bits per heavy atom. The normalized spacial score (nSPS) is 15.3. The van der Waals surface area contributed by atoms with Crippen LogP contribution in [-0.2, 0) is 6.54 Å². The van der Waals surface area contributed by atoms with Gasteiger partial charge in [-0.2, -0.15) is 0 Å². The Bertz CT molecular complexity index is 701. The maximum absolute atomic E-state index is 6.20. The predicted molar refractivity (Wildman–Crippen MR) is 105 cm³/mol. The van der Waals surface area contributed by atoms with Gasteiger partial charge in [-0.3, -0.25) is 0 Å². The van der Waals surface area contributed by atoms with Crippen LogP contribution in [-0.4, -0.2) is 36.2 Å². The fraction of sp³-hybridized carbons (Fsp3) is 0.278. The summed E-state index contributed by atoms with van der Waals surface area (Å²) in [4.78, 5) is 3.79. The number of rotatable bonds is 3. The SMILES string of the molecule is S=C(Nc1ccc(Cl)cc1Cl)N1CC[NH+](Cc2ccccc2)CC1. The third kappa shape index (κ3) is 4.61. The van der Waals surface area contributed by atoms with Gasteiger partial charge < -0.3 is 15.1 Å². The maximum Gasteiger partial charge on any atom is 0.173 e. The molecule has 2 N–H and O–H groups in total. The molecule has 2 aromatic carbocycles. The van der Waals surface area contributed by atoms with Gasteiger partial charge in [0.05, 0.1) is 36.9 Å². The van der Waals surface area contributed by atoms with E-state index in [1.807, 2.05) is 6.07 Å². The van der Waals surface area contributed by atoms with Crippen LogP contribution in [0.2, 0.25) is 10.0 Å². The molecule has 0 saturated carbocycles. The van der Waals surface area contributed by atoms with Gasteiger partial charge in [-0.05, 0) is 30.4 Å². The third-order valence-electron chi connectivity index (χ3n) is 4.23. The number of thiocarbonyl (C=S) groups is 1. The van der Waals surface area contributed by atoms with Crippen LogP contribution in [0.4, 0.5) is 5.69 Å². The topological polar surface area (TPSA) is 19.7 Å². The van der Waals surface area contributed by atoms with Crippen molar-refractivity contribution < 1.29 is 4.90 Å². The Labute approximate surface area is 158 Å². The van der Waals surface area contributed by atoms with Crippen molar-refractivity contribution in [3.63, 3.8) is 0 Å². The average Bonchev–Trinajstić information content (AvgIpc) is 2.59. The number of piperazine rings is 1. The van der Waals surface area contributed by atoms with E-state index in [9.17, 15) is 0 Å². The Morgan fingerprint density at radius 1 is 1.08 bits per heavy atom. The van der Waals surface area contributed by atoms with Gasteiger partial charge in [0.25, 0.3) is 0 Å². The van der Waals surface area contributed by atoms with Crippen LogP contribution in [0.3, 0.4) is 0 Å². The molecule has 0 bridgehead atoms. The molecule has 3 nitrogen and oxygen atoms in total. The number of halogens is 2. The third-order valence-corrected chi connectivity index (χ3v) is 5.14. The Balaban J connectivity index is 1.51. The zero-order valence-corrected chi connectivity index (χ0v) is 15.6. The van der Waals surface area contributed by atoms with Crippen LogP contribution >= 0.6 is 35.4 Å².